The molecular weight excluding hydrogens is 322 g/mol. The fraction of sp³-hybridized carbons (Fsp3) is 0.529. The Kier molecular flexibility index (Phi) is 4.03. The standard InChI is InChI=1S/C17H21N5O3/c1-10-8-15(23)20-17(18-10)22-6-4-12(5-7-22)19-16(24)13-9-14(25-21-13)11-2-3-11/h8-9,11-12H,2-7H2,1H3,(H,19,24)(H,18,20,23). The number of anilines is 1. The van der Waals surface area contributed by atoms with Gasteiger partial charge in [-0.2, -0.15) is 0 Å². The summed E-state index contributed by atoms with van der Waals surface area (Å²) in [5.74, 6) is 1.67. The van der Waals surface area contributed by atoms with Crippen LogP contribution in [0.25, 0.3) is 0 Å². The summed E-state index contributed by atoms with van der Waals surface area (Å²) < 4.78 is 5.24. The zero-order valence-electron chi connectivity index (χ0n) is 14.1. The zero-order chi connectivity index (χ0) is 17.4. The van der Waals surface area contributed by atoms with Gasteiger partial charge in [0, 0.05) is 42.9 Å². The Morgan fingerprint density at radius 1 is 1.28 bits per heavy atom. The molecule has 8 heteroatoms. The molecule has 132 valence electrons. The number of aromatic amines is 1. The summed E-state index contributed by atoms with van der Waals surface area (Å²) in [7, 11) is 0. The maximum atomic E-state index is 12.3. The van der Waals surface area contributed by atoms with Gasteiger partial charge in [-0.1, -0.05) is 5.16 Å². The van der Waals surface area contributed by atoms with Gasteiger partial charge in [-0.05, 0) is 32.6 Å². The van der Waals surface area contributed by atoms with Crippen LogP contribution in [-0.2, 0) is 0 Å². The van der Waals surface area contributed by atoms with Crippen molar-refractivity contribution in [2.75, 3.05) is 18.0 Å². The second kappa shape index (κ2) is 6.34. The molecule has 1 aliphatic carbocycles. The van der Waals surface area contributed by atoms with Gasteiger partial charge in [-0.25, -0.2) is 4.98 Å². The maximum absolute atomic E-state index is 12.3. The second-order valence-corrected chi connectivity index (χ2v) is 6.83. The Labute approximate surface area is 144 Å². The largest absolute Gasteiger partial charge is 0.360 e. The number of piperidine rings is 1. The fourth-order valence-corrected chi connectivity index (χ4v) is 3.16. The maximum Gasteiger partial charge on any atom is 0.273 e. The third-order valence-corrected chi connectivity index (χ3v) is 4.73. The van der Waals surface area contributed by atoms with Crippen molar-refractivity contribution in [2.45, 2.75) is 44.6 Å². The van der Waals surface area contributed by atoms with Crippen molar-refractivity contribution in [3.8, 4) is 0 Å². The lowest BCUT2D eigenvalue weighted by Crippen LogP contribution is -2.45. The summed E-state index contributed by atoms with van der Waals surface area (Å²) in [5.41, 5.74) is 0.913. The van der Waals surface area contributed by atoms with Crippen molar-refractivity contribution in [1.29, 1.82) is 0 Å². The molecule has 4 rings (SSSR count). The van der Waals surface area contributed by atoms with Crippen molar-refractivity contribution in [2.24, 2.45) is 0 Å². The predicted molar refractivity (Wildman–Crippen MR) is 90.8 cm³/mol. The summed E-state index contributed by atoms with van der Waals surface area (Å²) in [6.45, 7) is 3.26. The highest BCUT2D eigenvalue weighted by Crippen LogP contribution is 2.40. The first-order valence-electron chi connectivity index (χ1n) is 8.69. The molecule has 0 atom stereocenters. The van der Waals surface area contributed by atoms with E-state index in [1.165, 1.54) is 6.07 Å². The van der Waals surface area contributed by atoms with E-state index in [4.69, 9.17) is 4.52 Å². The molecule has 1 saturated carbocycles. The van der Waals surface area contributed by atoms with E-state index in [1.807, 2.05) is 4.90 Å². The molecular formula is C17H21N5O3. The summed E-state index contributed by atoms with van der Waals surface area (Å²) in [5, 5.41) is 6.90. The molecule has 1 aliphatic heterocycles. The number of nitrogens with one attached hydrogen (secondary N) is 2. The minimum Gasteiger partial charge on any atom is -0.360 e. The average Bonchev–Trinajstić information content (AvgIpc) is 3.31. The van der Waals surface area contributed by atoms with Gasteiger partial charge in [0.2, 0.25) is 5.95 Å². The van der Waals surface area contributed by atoms with Crippen LogP contribution in [0.2, 0.25) is 0 Å². The minimum absolute atomic E-state index is 0.0846. The monoisotopic (exact) mass is 343 g/mol. The predicted octanol–water partition coefficient (Wildman–Crippen LogP) is 1.34. The third kappa shape index (κ3) is 3.57. The van der Waals surface area contributed by atoms with Gasteiger partial charge < -0.3 is 14.7 Å². The Bertz CT molecular complexity index is 831. The highest BCUT2D eigenvalue weighted by molar-refractivity contribution is 5.92. The number of H-pyrrole nitrogens is 1. The average molecular weight is 343 g/mol. The molecule has 8 nitrogen and oxygen atoms in total. The van der Waals surface area contributed by atoms with E-state index in [2.05, 4.69) is 20.4 Å². The second-order valence-electron chi connectivity index (χ2n) is 6.83. The van der Waals surface area contributed by atoms with Crippen molar-refractivity contribution >= 4 is 11.9 Å². The Hall–Kier alpha value is -2.64. The van der Waals surface area contributed by atoms with Gasteiger partial charge in [0.15, 0.2) is 5.69 Å². The topological polar surface area (TPSA) is 104 Å². The van der Waals surface area contributed by atoms with Crippen molar-refractivity contribution in [3.63, 3.8) is 0 Å². The number of hydrogen-bond donors (Lipinski definition) is 2. The molecule has 0 aromatic carbocycles. The highest BCUT2D eigenvalue weighted by atomic mass is 16.5. The molecule has 2 aromatic heterocycles. The molecule has 0 unspecified atom stereocenters. The lowest BCUT2D eigenvalue weighted by atomic mass is 10.1. The number of rotatable bonds is 4. The molecule has 0 spiro atoms. The van der Waals surface area contributed by atoms with Gasteiger partial charge in [-0.15, -0.1) is 0 Å². The van der Waals surface area contributed by atoms with Crippen LogP contribution in [0.5, 0.6) is 0 Å². The molecule has 1 saturated heterocycles. The van der Waals surface area contributed by atoms with E-state index < -0.39 is 0 Å². The quantitative estimate of drug-likeness (QED) is 0.868. The van der Waals surface area contributed by atoms with E-state index in [1.54, 1.807) is 13.0 Å². The Morgan fingerprint density at radius 2 is 2.04 bits per heavy atom. The summed E-state index contributed by atoms with van der Waals surface area (Å²) >= 11 is 0. The Morgan fingerprint density at radius 3 is 2.72 bits per heavy atom. The van der Waals surface area contributed by atoms with E-state index in [-0.39, 0.29) is 17.5 Å². The van der Waals surface area contributed by atoms with E-state index in [0.29, 0.717) is 23.3 Å². The fourth-order valence-electron chi connectivity index (χ4n) is 3.16. The SMILES string of the molecule is Cc1cc(=O)[nH]c(N2CCC(NC(=O)c3cc(C4CC4)on3)CC2)n1. The van der Waals surface area contributed by atoms with Gasteiger partial charge >= 0.3 is 0 Å². The number of amides is 1. The van der Waals surface area contributed by atoms with Gasteiger partial charge in [0.1, 0.15) is 5.76 Å². The molecule has 2 fully saturated rings. The Balaban J connectivity index is 1.33. The zero-order valence-corrected chi connectivity index (χ0v) is 14.1. The first kappa shape index (κ1) is 15.9. The lowest BCUT2D eigenvalue weighted by Gasteiger charge is -2.32. The summed E-state index contributed by atoms with van der Waals surface area (Å²) in [4.78, 5) is 33.1. The van der Waals surface area contributed by atoms with E-state index in [0.717, 1.165) is 44.5 Å². The van der Waals surface area contributed by atoms with Crippen molar-refractivity contribution in [1.82, 2.24) is 20.4 Å². The first-order chi connectivity index (χ1) is 12.1. The molecule has 2 aliphatic rings. The molecule has 1 amide bonds. The highest BCUT2D eigenvalue weighted by Gasteiger charge is 2.29. The van der Waals surface area contributed by atoms with Gasteiger partial charge in [0.05, 0.1) is 0 Å². The van der Waals surface area contributed by atoms with Gasteiger partial charge in [0.25, 0.3) is 11.5 Å². The lowest BCUT2D eigenvalue weighted by molar-refractivity contribution is 0.0922. The normalized spacial score (nSPS) is 18.4. The minimum atomic E-state index is -0.184. The van der Waals surface area contributed by atoms with Gasteiger partial charge in [-0.3, -0.25) is 14.6 Å². The third-order valence-electron chi connectivity index (χ3n) is 4.73. The van der Waals surface area contributed by atoms with Crippen LogP contribution >= 0.6 is 0 Å². The summed E-state index contributed by atoms with van der Waals surface area (Å²) in [6, 6.07) is 3.31. The van der Waals surface area contributed by atoms with Crippen LogP contribution in [0.15, 0.2) is 21.5 Å². The van der Waals surface area contributed by atoms with Crippen LogP contribution in [0.4, 0.5) is 5.95 Å². The number of carbonyl (C=O) groups excluding carboxylic acids is 1. The van der Waals surface area contributed by atoms with Crippen LogP contribution in [0.1, 0.15) is 53.5 Å². The molecule has 25 heavy (non-hydrogen) atoms. The molecule has 0 radical (unpaired) electrons. The van der Waals surface area contributed by atoms with Crippen LogP contribution in [-0.4, -0.2) is 40.2 Å². The van der Waals surface area contributed by atoms with Crippen LogP contribution < -0.4 is 15.8 Å². The van der Waals surface area contributed by atoms with Crippen molar-refractivity contribution in [3.05, 3.63) is 39.6 Å². The van der Waals surface area contributed by atoms with Crippen LogP contribution in [0, 0.1) is 6.92 Å². The smallest absolute Gasteiger partial charge is 0.273 e. The summed E-state index contributed by atoms with van der Waals surface area (Å²) in [6.07, 6.45) is 3.81. The number of aromatic nitrogens is 3. The van der Waals surface area contributed by atoms with Crippen molar-refractivity contribution < 1.29 is 9.32 Å². The number of hydrogen-bond acceptors (Lipinski definition) is 6. The first-order valence-corrected chi connectivity index (χ1v) is 8.69. The van der Waals surface area contributed by atoms with E-state index in [9.17, 15) is 9.59 Å². The number of carbonyl (C=O) groups is 1. The van der Waals surface area contributed by atoms with E-state index >= 15 is 0 Å². The molecule has 0 bridgehead atoms. The van der Waals surface area contributed by atoms with Crippen LogP contribution in [0.3, 0.4) is 0 Å². The number of aryl methyl sites for hydroxylation is 1. The molecule has 2 aromatic rings. The number of nitrogens with zero attached hydrogens (tertiary/aromatic N) is 3. The molecule has 3 heterocycles. The molecule has 2 N–H and O–H groups in total.